The molecule has 0 saturated heterocycles. The molecule has 0 saturated carbocycles. The molecule has 1 aromatic carbocycles. The van der Waals surface area contributed by atoms with E-state index in [2.05, 4.69) is 87.7 Å². The summed E-state index contributed by atoms with van der Waals surface area (Å²) in [5.74, 6) is 0.385. The molecule has 1 aliphatic carbocycles. The van der Waals surface area contributed by atoms with Crippen molar-refractivity contribution in [2.75, 3.05) is 14.1 Å². The predicted octanol–water partition coefficient (Wildman–Crippen LogP) is 3.80. The zero-order valence-electron chi connectivity index (χ0n) is 14.3. The summed E-state index contributed by atoms with van der Waals surface area (Å²) >= 11 is 0. The molecule has 0 heterocycles. The van der Waals surface area contributed by atoms with E-state index in [0.717, 1.165) is 12.1 Å². The quantitative estimate of drug-likeness (QED) is 0.661. The van der Waals surface area contributed by atoms with Crippen LogP contribution >= 0.6 is 0 Å². The first-order valence-corrected chi connectivity index (χ1v) is 7.82. The van der Waals surface area contributed by atoms with Gasteiger partial charge in [0.2, 0.25) is 0 Å². The maximum Gasteiger partial charge on any atom is 0.0685 e. The third-order valence-corrected chi connectivity index (χ3v) is 3.55. The van der Waals surface area contributed by atoms with Crippen molar-refractivity contribution >= 4 is 5.71 Å². The Bertz CT molecular complexity index is 574. The summed E-state index contributed by atoms with van der Waals surface area (Å²) in [6.07, 6.45) is 7.47. The van der Waals surface area contributed by atoms with Crippen molar-refractivity contribution in [3.8, 4) is 0 Å². The second-order valence-electron chi connectivity index (χ2n) is 6.97. The highest BCUT2D eigenvalue weighted by Gasteiger charge is 2.20. The molecule has 0 spiro atoms. The van der Waals surface area contributed by atoms with Gasteiger partial charge in [-0.05, 0) is 32.4 Å². The molecule has 3 nitrogen and oxygen atoms in total. The number of hydrazone groups is 1. The number of rotatable bonds is 5. The molecule has 3 heteroatoms. The number of hydrogen-bond acceptors (Lipinski definition) is 3. The normalized spacial score (nSPS) is 18.3. The van der Waals surface area contributed by atoms with Gasteiger partial charge in [0.25, 0.3) is 0 Å². The van der Waals surface area contributed by atoms with Crippen LogP contribution in [-0.4, -0.2) is 30.2 Å². The third kappa shape index (κ3) is 4.48. The number of nitrogens with zero attached hydrogens (tertiary/aromatic N) is 2. The molecule has 118 valence electrons. The number of allylic oxidation sites excluding steroid dienone is 3. The highest BCUT2D eigenvalue weighted by Crippen LogP contribution is 2.26. The molecule has 1 atom stereocenters. The topological polar surface area (TPSA) is 27.6 Å². The van der Waals surface area contributed by atoms with Crippen LogP contribution < -0.4 is 5.43 Å². The number of nitrogens with one attached hydrogen (secondary N) is 1. The molecule has 0 aromatic heterocycles. The van der Waals surface area contributed by atoms with E-state index >= 15 is 0 Å². The van der Waals surface area contributed by atoms with Gasteiger partial charge < -0.3 is 10.3 Å². The molecule has 0 radical (unpaired) electrons. The Hall–Kier alpha value is -2.03. The molecule has 22 heavy (non-hydrogen) atoms. The Morgan fingerprint density at radius 3 is 2.45 bits per heavy atom. The fourth-order valence-electron chi connectivity index (χ4n) is 2.47. The monoisotopic (exact) mass is 297 g/mol. The van der Waals surface area contributed by atoms with Crippen LogP contribution in [-0.2, 0) is 0 Å². The lowest BCUT2D eigenvalue weighted by molar-refractivity contribution is 0.437. The lowest BCUT2D eigenvalue weighted by Gasteiger charge is -2.23. The lowest BCUT2D eigenvalue weighted by atomic mass is 9.96. The lowest BCUT2D eigenvalue weighted by Crippen LogP contribution is -2.32. The fourth-order valence-corrected chi connectivity index (χ4v) is 2.47. The van der Waals surface area contributed by atoms with Gasteiger partial charge in [-0.1, -0.05) is 42.5 Å². The summed E-state index contributed by atoms with van der Waals surface area (Å²) in [6, 6.07) is 10.4. The van der Waals surface area contributed by atoms with Crippen LogP contribution in [0.5, 0.6) is 0 Å². The van der Waals surface area contributed by atoms with Gasteiger partial charge in [0, 0.05) is 37.7 Å². The first-order valence-electron chi connectivity index (χ1n) is 7.82. The minimum absolute atomic E-state index is 0.0359. The van der Waals surface area contributed by atoms with Crippen molar-refractivity contribution in [3.05, 3.63) is 59.8 Å². The minimum atomic E-state index is -0.0359. The van der Waals surface area contributed by atoms with E-state index in [1.165, 1.54) is 11.3 Å². The maximum atomic E-state index is 4.71. The summed E-state index contributed by atoms with van der Waals surface area (Å²) in [7, 11) is 4.19. The molecule has 2 rings (SSSR count). The van der Waals surface area contributed by atoms with E-state index in [-0.39, 0.29) is 5.54 Å². The van der Waals surface area contributed by atoms with E-state index < -0.39 is 0 Å². The Balaban J connectivity index is 2.22. The Labute approximate surface area is 134 Å². The summed E-state index contributed by atoms with van der Waals surface area (Å²) in [6.45, 7) is 6.37. The second-order valence-corrected chi connectivity index (χ2v) is 6.97. The van der Waals surface area contributed by atoms with E-state index in [1.54, 1.807) is 0 Å². The van der Waals surface area contributed by atoms with Crippen LogP contribution in [0.25, 0.3) is 0 Å². The van der Waals surface area contributed by atoms with Crippen molar-refractivity contribution < 1.29 is 0 Å². The van der Waals surface area contributed by atoms with Gasteiger partial charge in [0.1, 0.15) is 0 Å². The first kappa shape index (κ1) is 16.3. The van der Waals surface area contributed by atoms with Crippen LogP contribution in [0, 0.1) is 5.92 Å². The van der Waals surface area contributed by atoms with Gasteiger partial charge in [-0.25, -0.2) is 0 Å². The van der Waals surface area contributed by atoms with Crippen molar-refractivity contribution in [3.63, 3.8) is 0 Å². The van der Waals surface area contributed by atoms with Crippen LogP contribution in [0.15, 0.2) is 59.4 Å². The molecule has 0 amide bonds. The van der Waals surface area contributed by atoms with Crippen molar-refractivity contribution in [2.24, 2.45) is 11.0 Å². The van der Waals surface area contributed by atoms with E-state index in [0.29, 0.717) is 5.92 Å². The Morgan fingerprint density at radius 2 is 1.86 bits per heavy atom. The average Bonchev–Trinajstić information content (AvgIpc) is 2.91. The van der Waals surface area contributed by atoms with E-state index in [4.69, 9.17) is 5.10 Å². The van der Waals surface area contributed by atoms with Crippen molar-refractivity contribution in [1.82, 2.24) is 10.3 Å². The molecular formula is C19H27N3. The Kier molecular flexibility index (Phi) is 5.07. The fraction of sp³-hybridized carbons (Fsp3) is 0.421. The van der Waals surface area contributed by atoms with Gasteiger partial charge >= 0.3 is 0 Å². The maximum absolute atomic E-state index is 4.71. The number of hydrogen-bond donors (Lipinski definition) is 1. The van der Waals surface area contributed by atoms with Gasteiger partial charge in [-0.3, -0.25) is 0 Å². The molecule has 1 N–H and O–H groups in total. The van der Waals surface area contributed by atoms with E-state index in [9.17, 15) is 0 Å². The van der Waals surface area contributed by atoms with Crippen LogP contribution in [0.1, 0.15) is 32.8 Å². The molecule has 0 fully saturated rings. The highest BCUT2D eigenvalue weighted by atomic mass is 15.3. The molecule has 1 aliphatic rings. The standard InChI is InChI=1S/C19H27N3/c1-19(2,3)21-20-17(15-10-7-6-8-11-15)14-16-12-9-13-18(16)22(4)5/h6-13,16,21H,14H2,1-5H3. The molecule has 1 unspecified atom stereocenters. The SMILES string of the molecule is CN(C)C1=CC=CC1CC(=NNC(C)(C)C)c1ccccc1. The summed E-state index contributed by atoms with van der Waals surface area (Å²) in [5.41, 5.74) is 6.84. The molecule has 1 aromatic rings. The second kappa shape index (κ2) is 6.82. The largest absolute Gasteiger partial charge is 0.380 e. The van der Waals surface area contributed by atoms with Crippen LogP contribution in [0.2, 0.25) is 0 Å². The van der Waals surface area contributed by atoms with Crippen molar-refractivity contribution in [2.45, 2.75) is 32.7 Å². The molecular weight excluding hydrogens is 270 g/mol. The third-order valence-electron chi connectivity index (χ3n) is 3.55. The van der Waals surface area contributed by atoms with E-state index in [1.807, 2.05) is 6.07 Å². The summed E-state index contributed by atoms with van der Waals surface area (Å²) in [4.78, 5) is 2.18. The molecule has 0 aliphatic heterocycles. The van der Waals surface area contributed by atoms with Gasteiger partial charge in [0.15, 0.2) is 0 Å². The zero-order valence-corrected chi connectivity index (χ0v) is 14.3. The van der Waals surface area contributed by atoms with Gasteiger partial charge in [-0.15, -0.1) is 0 Å². The smallest absolute Gasteiger partial charge is 0.0685 e. The zero-order chi connectivity index (χ0) is 16.2. The predicted molar refractivity (Wildman–Crippen MR) is 94.9 cm³/mol. The summed E-state index contributed by atoms with van der Waals surface area (Å²) < 4.78 is 0. The van der Waals surface area contributed by atoms with Gasteiger partial charge in [-0.2, -0.15) is 5.10 Å². The number of benzene rings is 1. The van der Waals surface area contributed by atoms with Crippen LogP contribution in [0.3, 0.4) is 0 Å². The van der Waals surface area contributed by atoms with Gasteiger partial charge in [0.05, 0.1) is 5.71 Å². The minimum Gasteiger partial charge on any atom is -0.380 e. The summed E-state index contributed by atoms with van der Waals surface area (Å²) in [5, 5.41) is 4.71. The molecule has 0 bridgehead atoms. The first-order chi connectivity index (χ1) is 10.4. The van der Waals surface area contributed by atoms with Crippen molar-refractivity contribution in [1.29, 1.82) is 0 Å². The average molecular weight is 297 g/mol. The Morgan fingerprint density at radius 1 is 1.18 bits per heavy atom. The van der Waals surface area contributed by atoms with Crippen LogP contribution in [0.4, 0.5) is 0 Å². The highest BCUT2D eigenvalue weighted by molar-refractivity contribution is 6.00.